The van der Waals surface area contributed by atoms with Gasteiger partial charge in [0.2, 0.25) is 5.91 Å². The van der Waals surface area contributed by atoms with E-state index in [0.717, 1.165) is 29.5 Å². The van der Waals surface area contributed by atoms with Gasteiger partial charge >= 0.3 is 0 Å². The molecule has 0 radical (unpaired) electrons. The number of hydrogen-bond acceptors (Lipinski definition) is 3. The Bertz CT molecular complexity index is 961. The fraction of sp³-hybridized carbons (Fsp3) is 0.400. The monoisotopic (exact) mass is 484 g/mol. The Morgan fingerprint density at radius 1 is 0.968 bits per heavy atom. The van der Waals surface area contributed by atoms with Gasteiger partial charge in [0.05, 0.1) is 0 Å². The number of nitrogens with one attached hydrogen (secondary N) is 1. The van der Waals surface area contributed by atoms with Crippen LogP contribution in [0.3, 0.4) is 0 Å². The second kappa shape index (κ2) is 10.2. The summed E-state index contributed by atoms with van der Waals surface area (Å²) in [6.45, 7) is 7.76. The zero-order valence-corrected chi connectivity index (χ0v) is 19.9. The maximum absolute atomic E-state index is 13.0. The summed E-state index contributed by atoms with van der Waals surface area (Å²) < 4.78 is 0.903. The molecule has 31 heavy (non-hydrogen) atoms. The van der Waals surface area contributed by atoms with Crippen LogP contribution in [0.15, 0.2) is 46.9 Å². The molecule has 2 aromatic carbocycles. The topological polar surface area (TPSA) is 66.5 Å². The molecule has 2 amide bonds. The number of Topliss-reactive ketones (excluding diaryl/α,β-unsaturated/α-hetero) is 1. The first kappa shape index (κ1) is 23.2. The Hall–Kier alpha value is -2.47. The van der Waals surface area contributed by atoms with E-state index >= 15 is 0 Å². The molecule has 2 aromatic rings. The van der Waals surface area contributed by atoms with Gasteiger partial charge in [-0.15, -0.1) is 0 Å². The van der Waals surface area contributed by atoms with Crippen molar-refractivity contribution < 1.29 is 14.4 Å². The van der Waals surface area contributed by atoms with Gasteiger partial charge in [-0.3, -0.25) is 14.4 Å². The smallest absolute Gasteiger partial charge is 0.253 e. The molecule has 2 unspecified atom stereocenters. The predicted molar refractivity (Wildman–Crippen MR) is 126 cm³/mol. The number of rotatable bonds is 6. The summed E-state index contributed by atoms with van der Waals surface area (Å²) in [5.74, 6) is 0.663. The minimum absolute atomic E-state index is 0.000634. The van der Waals surface area contributed by atoms with E-state index < -0.39 is 0 Å². The molecule has 1 saturated heterocycles. The van der Waals surface area contributed by atoms with Crippen molar-refractivity contribution in [2.45, 2.75) is 40.0 Å². The second-order valence-corrected chi connectivity index (χ2v) is 9.58. The van der Waals surface area contributed by atoms with Crippen LogP contribution >= 0.6 is 15.9 Å². The van der Waals surface area contributed by atoms with Crippen LogP contribution in [0.1, 0.15) is 59.4 Å². The van der Waals surface area contributed by atoms with Crippen molar-refractivity contribution in [3.8, 4) is 0 Å². The van der Waals surface area contributed by atoms with E-state index in [1.165, 1.54) is 0 Å². The predicted octanol–water partition coefficient (Wildman–Crippen LogP) is 5.48. The number of benzene rings is 2. The molecule has 1 heterocycles. The Morgan fingerprint density at radius 2 is 1.58 bits per heavy atom. The maximum atomic E-state index is 13.0. The second-order valence-electron chi connectivity index (χ2n) is 8.66. The molecule has 1 N–H and O–H groups in total. The average molecular weight is 485 g/mol. The molecule has 0 spiro atoms. The van der Waals surface area contributed by atoms with Gasteiger partial charge in [-0.05, 0) is 55.0 Å². The van der Waals surface area contributed by atoms with Gasteiger partial charge in [-0.25, -0.2) is 0 Å². The molecule has 5 nitrogen and oxygen atoms in total. The Labute approximate surface area is 192 Å². The van der Waals surface area contributed by atoms with Crippen LogP contribution in [0.4, 0.5) is 5.69 Å². The lowest BCUT2D eigenvalue weighted by Gasteiger charge is -2.35. The SMILES string of the molecule is Cc1ccc(C(=O)N2CC(C)CC(C)C2)cc1NC(=O)CCC(=O)c1ccc(Br)cc1. The van der Waals surface area contributed by atoms with E-state index in [0.29, 0.717) is 28.7 Å². The third-order valence-electron chi connectivity index (χ3n) is 5.66. The molecule has 1 aliphatic heterocycles. The lowest BCUT2D eigenvalue weighted by atomic mass is 9.91. The minimum atomic E-state index is -0.238. The number of amides is 2. The Kier molecular flexibility index (Phi) is 7.65. The Morgan fingerprint density at radius 3 is 2.23 bits per heavy atom. The lowest BCUT2D eigenvalue weighted by molar-refractivity contribution is -0.116. The number of likely N-dealkylation sites (tertiary alicyclic amines) is 1. The fourth-order valence-electron chi connectivity index (χ4n) is 4.12. The zero-order valence-electron chi connectivity index (χ0n) is 18.3. The van der Waals surface area contributed by atoms with E-state index in [1.807, 2.05) is 36.1 Å². The van der Waals surface area contributed by atoms with Gasteiger partial charge in [-0.2, -0.15) is 0 Å². The highest BCUT2D eigenvalue weighted by atomic mass is 79.9. The summed E-state index contributed by atoms with van der Waals surface area (Å²) in [4.78, 5) is 39.7. The van der Waals surface area contributed by atoms with Crippen LogP contribution in [-0.4, -0.2) is 35.6 Å². The first-order valence-electron chi connectivity index (χ1n) is 10.7. The van der Waals surface area contributed by atoms with Crippen LogP contribution in [-0.2, 0) is 4.79 Å². The third-order valence-corrected chi connectivity index (χ3v) is 6.19. The molecule has 6 heteroatoms. The van der Waals surface area contributed by atoms with Crippen LogP contribution in [0, 0.1) is 18.8 Å². The summed E-state index contributed by atoms with van der Waals surface area (Å²) in [5, 5.41) is 2.87. The van der Waals surface area contributed by atoms with Crippen LogP contribution in [0.5, 0.6) is 0 Å². The zero-order chi connectivity index (χ0) is 22.5. The van der Waals surface area contributed by atoms with Crippen molar-refractivity contribution in [2.75, 3.05) is 18.4 Å². The number of anilines is 1. The van der Waals surface area contributed by atoms with Crippen molar-refractivity contribution in [2.24, 2.45) is 11.8 Å². The summed E-state index contributed by atoms with van der Waals surface area (Å²) in [6, 6.07) is 12.5. The number of carbonyl (C=O) groups excluding carboxylic acids is 3. The molecule has 0 bridgehead atoms. The van der Waals surface area contributed by atoms with Crippen LogP contribution in [0.2, 0.25) is 0 Å². The van der Waals surface area contributed by atoms with Crippen molar-refractivity contribution in [1.29, 1.82) is 0 Å². The molecule has 0 aliphatic carbocycles. The number of carbonyl (C=O) groups is 3. The van der Waals surface area contributed by atoms with Crippen molar-refractivity contribution in [1.82, 2.24) is 4.90 Å². The molecular weight excluding hydrogens is 456 g/mol. The van der Waals surface area contributed by atoms with E-state index in [2.05, 4.69) is 35.1 Å². The standard InChI is InChI=1S/C25H29BrN2O3/c1-16-12-17(2)15-28(14-16)25(31)20-5-4-18(3)22(13-20)27-24(30)11-10-23(29)19-6-8-21(26)9-7-19/h4-9,13,16-17H,10-12,14-15H2,1-3H3,(H,27,30). The number of ketones is 1. The van der Waals surface area contributed by atoms with Gasteiger partial charge in [0.1, 0.15) is 0 Å². The highest BCUT2D eigenvalue weighted by Crippen LogP contribution is 2.24. The van der Waals surface area contributed by atoms with Gasteiger partial charge in [-0.1, -0.05) is 48.0 Å². The first-order valence-corrected chi connectivity index (χ1v) is 11.5. The van der Waals surface area contributed by atoms with Crippen LogP contribution < -0.4 is 5.32 Å². The number of piperidine rings is 1. The highest BCUT2D eigenvalue weighted by Gasteiger charge is 2.26. The number of nitrogens with zero attached hydrogens (tertiary/aromatic N) is 1. The highest BCUT2D eigenvalue weighted by molar-refractivity contribution is 9.10. The largest absolute Gasteiger partial charge is 0.338 e. The number of halogens is 1. The van der Waals surface area contributed by atoms with Gasteiger partial charge < -0.3 is 10.2 Å². The minimum Gasteiger partial charge on any atom is -0.338 e. The maximum Gasteiger partial charge on any atom is 0.253 e. The van der Waals surface area contributed by atoms with Crippen molar-refractivity contribution >= 4 is 39.2 Å². The number of aryl methyl sites for hydroxylation is 1. The fourth-order valence-corrected chi connectivity index (χ4v) is 4.39. The lowest BCUT2D eigenvalue weighted by Crippen LogP contribution is -2.42. The van der Waals surface area contributed by atoms with Gasteiger partial charge in [0, 0.05) is 47.2 Å². The molecular formula is C25H29BrN2O3. The van der Waals surface area contributed by atoms with Crippen molar-refractivity contribution in [3.63, 3.8) is 0 Å². The van der Waals surface area contributed by atoms with E-state index in [4.69, 9.17) is 0 Å². The summed E-state index contributed by atoms with van der Waals surface area (Å²) in [6.07, 6.45) is 1.36. The molecule has 0 aromatic heterocycles. The first-order chi connectivity index (χ1) is 14.7. The summed E-state index contributed by atoms with van der Waals surface area (Å²) in [7, 11) is 0. The molecule has 3 rings (SSSR count). The van der Waals surface area contributed by atoms with Crippen LogP contribution in [0.25, 0.3) is 0 Å². The molecule has 1 aliphatic rings. The molecule has 2 atom stereocenters. The van der Waals surface area contributed by atoms with Gasteiger partial charge in [0.15, 0.2) is 5.78 Å². The Balaban J connectivity index is 1.62. The summed E-state index contributed by atoms with van der Waals surface area (Å²) >= 11 is 3.35. The molecule has 164 valence electrons. The van der Waals surface area contributed by atoms with Crippen molar-refractivity contribution in [3.05, 3.63) is 63.6 Å². The third kappa shape index (κ3) is 6.26. The van der Waals surface area contributed by atoms with E-state index in [1.54, 1.807) is 18.2 Å². The van der Waals surface area contributed by atoms with Gasteiger partial charge in [0.25, 0.3) is 5.91 Å². The number of hydrogen-bond donors (Lipinski definition) is 1. The van der Waals surface area contributed by atoms with E-state index in [9.17, 15) is 14.4 Å². The quantitative estimate of drug-likeness (QED) is 0.552. The summed E-state index contributed by atoms with van der Waals surface area (Å²) in [5.41, 5.74) is 2.66. The normalized spacial score (nSPS) is 18.5. The van der Waals surface area contributed by atoms with E-state index in [-0.39, 0.29) is 30.4 Å². The average Bonchev–Trinajstić information content (AvgIpc) is 2.73. The molecule has 1 fully saturated rings. The molecule has 0 saturated carbocycles.